The van der Waals surface area contributed by atoms with Gasteiger partial charge >= 0.3 is 6.03 Å². The van der Waals surface area contributed by atoms with Gasteiger partial charge in [0.1, 0.15) is 11.9 Å². The van der Waals surface area contributed by atoms with Crippen LogP contribution in [0.4, 0.5) is 14.9 Å². The summed E-state index contributed by atoms with van der Waals surface area (Å²) in [4.78, 5) is 25.9. The highest BCUT2D eigenvalue weighted by atomic mass is 35.5. The third-order valence-corrected chi connectivity index (χ3v) is 4.15. The fraction of sp³-hybridized carbons (Fsp3) is 0.467. The molecular weight excluding hydrogens is 309 g/mol. The van der Waals surface area contributed by atoms with E-state index < -0.39 is 17.9 Å². The van der Waals surface area contributed by atoms with Gasteiger partial charge in [-0.25, -0.2) is 9.18 Å². The fourth-order valence-corrected chi connectivity index (χ4v) is 2.76. The van der Waals surface area contributed by atoms with E-state index in [4.69, 9.17) is 11.6 Å². The molecule has 0 bridgehead atoms. The molecule has 1 unspecified atom stereocenters. The number of nitrogens with zero attached hydrogens (tertiary/aromatic N) is 1. The van der Waals surface area contributed by atoms with Crippen LogP contribution in [-0.2, 0) is 4.79 Å². The number of nitrogens with one attached hydrogen (secondary N) is 2. The Bertz CT molecular complexity index is 606. The summed E-state index contributed by atoms with van der Waals surface area (Å²) in [6.07, 6.45) is 3.38. The fourth-order valence-electron chi connectivity index (χ4n) is 2.59. The van der Waals surface area contributed by atoms with Gasteiger partial charge in [0.15, 0.2) is 0 Å². The first-order chi connectivity index (χ1) is 10.5. The molecule has 0 radical (unpaired) electrons. The molecule has 1 heterocycles. The summed E-state index contributed by atoms with van der Waals surface area (Å²) in [5.74, 6) is -0.683. The normalized spacial score (nSPS) is 20.8. The molecular formula is C15H17ClFN3O2. The molecule has 3 rings (SSSR count). The van der Waals surface area contributed by atoms with Crippen molar-refractivity contribution >= 4 is 29.2 Å². The van der Waals surface area contributed by atoms with Gasteiger partial charge in [-0.05, 0) is 43.9 Å². The first-order valence-electron chi connectivity index (χ1n) is 7.37. The van der Waals surface area contributed by atoms with Crippen LogP contribution in [-0.4, -0.2) is 35.5 Å². The summed E-state index contributed by atoms with van der Waals surface area (Å²) in [6, 6.07) is 3.25. The van der Waals surface area contributed by atoms with E-state index in [1.165, 1.54) is 23.1 Å². The maximum atomic E-state index is 13.7. The van der Waals surface area contributed by atoms with Gasteiger partial charge in [-0.2, -0.15) is 0 Å². The lowest BCUT2D eigenvalue weighted by Gasteiger charge is -2.24. The highest BCUT2D eigenvalue weighted by molar-refractivity contribution is 6.30. The predicted octanol–water partition coefficient (Wildman–Crippen LogP) is 2.75. The molecule has 118 valence electrons. The second kappa shape index (κ2) is 6.12. The predicted molar refractivity (Wildman–Crippen MR) is 81.3 cm³/mol. The Labute approximate surface area is 132 Å². The highest BCUT2D eigenvalue weighted by Gasteiger charge is 2.36. The van der Waals surface area contributed by atoms with Crippen molar-refractivity contribution < 1.29 is 14.0 Å². The summed E-state index contributed by atoms with van der Waals surface area (Å²) in [5.41, 5.74) is 0.0192. The van der Waals surface area contributed by atoms with E-state index in [1.54, 1.807) is 0 Å². The lowest BCUT2D eigenvalue weighted by Crippen LogP contribution is -2.48. The Morgan fingerprint density at radius 1 is 1.27 bits per heavy atom. The summed E-state index contributed by atoms with van der Waals surface area (Å²) >= 11 is 5.81. The maximum Gasteiger partial charge on any atom is 0.322 e. The van der Waals surface area contributed by atoms with Gasteiger partial charge in [0.05, 0.1) is 5.69 Å². The van der Waals surface area contributed by atoms with Gasteiger partial charge in [0.25, 0.3) is 0 Å². The third kappa shape index (κ3) is 3.32. The number of hydrogen-bond donors (Lipinski definition) is 2. The van der Waals surface area contributed by atoms with Gasteiger partial charge in [0, 0.05) is 17.6 Å². The lowest BCUT2D eigenvalue weighted by atomic mass is 10.2. The topological polar surface area (TPSA) is 61.4 Å². The number of halogens is 2. The van der Waals surface area contributed by atoms with E-state index in [-0.39, 0.29) is 17.6 Å². The molecule has 5 nitrogen and oxygen atoms in total. The highest BCUT2D eigenvalue weighted by Crippen LogP contribution is 2.24. The largest absolute Gasteiger partial charge is 0.352 e. The number of carbonyl (C=O) groups is 2. The molecule has 7 heteroatoms. The molecule has 1 aromatic carbocycles. The van der Waals surface area contributed by atoms with Crippen molar-refractivity contribution in [2.45, 2.75) is 37.8 Å². The number of carbonyl (C=O) groups excluding carboxylic acids is 2. The number of hydrogen-bond acceptors (Lipinski definition) is 2. The minimum Gasteiger partial charge on any atom is -0.352 e. The summed E-state index contributed by atoms with van der Waals surface area (Å²) in [5, 5.41) is 5.74. The zero-order valence-corrected chi connectivity index (χ0v) is 12.7. The zero-order valence-electron chi connectivity index (χ0n) is 11.9. The lowest BCUT2D eigenvalue weighted by molar-refractivity contribution is -0.124. The smallest absolute Gasteiger partial charge is 0.322 e. The van der Waals surface area contributed by atoms with Crippen LogP contribution in [0.2, 0.25) is 5.02 Å². The Kier molecular flexibility index (Phi) is 4.20. The molecule has 0 aromatic heterocycles. The number of urea groups is 1. The van der Waals surface area contributed by atoms with Gasteiger partial charge < -0.3 is 15.5 Å². The number of amides is 3. The van der Waals surface area contributed by atoms with Crippen molar-refractivity contribution in [3.05, 3.63) is 29.0 Å². The van der Waals surface area contributed by atoms with Crippen molar-refractivity contribution in [1.29, 1.82) is 0 Å². The number of rotatable bonds is 3. The third-order valence-electron chi connectivity index (χ3n) is 3.91. The average molecular weight is 326 g/mol. The summed E-state index contributed by atoms with van der Waals surface area (Å²) in [7, 11) is 0. The minimum absolute atomic E-state index is 0.0192. The maximum absolute atomic E-state index is 13.7. The molecule has 22 heavy (non-hydrogen) atoms. The molecule has 3 amide bonds. The van der Waals surface area contributed by atoms with Crippen LogP contribution < -0.4 is 10.6 Å². The van der Waals surface area contributed by atoms with Crippen molar-refractivity contribution in [3.63, 3.8) is 0 Å². The number of benzene rings is 1. The molecule has 2 fully saturated rings. The number of likely N-dealkylation sites (tertiary alicyclic amines) is 1. The zero-order chi connectivity index (χ0) is 15.7. The first-order valence-corrected chi connectivity index (χ1v) is 7.75. The SMILES string of the molecule is O=C(NC1CC1)C1CCCN1C(=O)Nc1cc(Cl)ccc1F. The van der Waals surface area contributed by atoms with Crippen LogP contribution in [0.3, 0.4) is 0 Å². The quantitative estimate of drug-likeness (QED) is 0.897. The van der Waals surface area contributed by atoms with Crippen LogP contribution in [0.15, 0.2) is 18.2 Å². The Hall–Kier alpha value is -1.82. The second-order valence-electron chi connectivity index (χ2n) is 5.69. The summed E-state index contributed by atoms with van der Waals surface area (Å²) in [6.45, 7) is 0.483. The van der Waals surface area contributed by atoms with E-state index >= 15 is 0 Å². The van der Waals surface area contributed by atoms with Gasteiger partial charge in [-0.1, -0.05) is 11.6 Å². The van der Waals surface area contributed by atoms with Crippen molar-refractivity contribution in [3.8, 4) is 0 Å². The molecule has 2 aliphatic rings. The van der Waals surface area contributed by atoms with E-state index in [9.17, 15) is 14.0 Å². The van der Waals surface area contributed by atoms with Crippen molar-refractivity contribution in [2.24, 2.45) is 0 Å². The Balaban J connectivity index is 1.67. The summed E-state index contributed by atoms with van der Waals surface area (Å²) < 4.78 is 13.7. The Morgan fingerprint density at radius 2 is 2.05 bits per heavy atom. The minimum atomic E-state index is -0.559. The van der Waals surface area contributed by atoms with Crippen LogP contribution in [0.5, 0.6) is 0 Å². The average Bonchev–Trinajstić information content (AvgIpc) is 3.15. The van der Waals surface area contributed by atoms with Gasteiger partial charge in [0.2, 0.25) is 5.91 Å². The molecule has 1 atom stereocenters. The number of anilines is 1. The van der Waals surface area contributed by atoms with Crippen LogP contribution in [0.1, 0.15) is 25.7 Å². The standard InChI is InChI=1S/C15H17ClFN3O2/c16-9-3-6-11(17)12(8-9)19-15(22)20-7-1-2-13(20)14(21)18-10-4-5-10/h3,6,8,10,13H,1-2,4-5,7H2,(H,18,21)(H,19,22). The van der Waals surface area contributed by atoms with Gasteiger partial charge in [-0.15, -0.1) is 0 Å². The molecule has 0 spiro atoms. The van der Waals surface area contributed by atoms with Crippen molar-refractivity contribution in [2.75, 3.05) is 11.9 Å². The van der Waals surface area contributed by atoms with Crippen LogP contribution in [0, 0.1) is 5.82 Å². The molecule has 1 aromatic rings. The van der Waals surface area contributed by atoms with E-state index in [0.29, 0.717) is 18.0 Å². The second-order valence-corrected chi connectivity index (χ2v) is 6.13. The van der Waals surface area contributed by atoms with E-state index in [2.05, 4.69) is 10.6 Å². The molecule has 1 aliphatic carbocycles. The first kappa shape index (κ1) is 15.1. The Morgan fingerprint density at radius 3 is 2.77 bits per heavy atom. The van der Waals surface area contributed by atoms with Gasteiger partial charge in [-0.3, -0.25) is 4.79 Å². The van der Waals surface area contributed by atoms with Crippen LogP contribution in [0.25, 0.3) is 0 Å². The van der Waals surface area contributed by atoms with Crippen molar-refractivity contribution in [1.82, 2.24) is 10.2 Å². The molecule has 1 aliphatic heterocycles. The molecule has 1 saturated heterocycles. The molecule has 1 saturated carbocycles. The molecule has 2 N–H and O–H groups in total. The monoisotopic (exact) mass is 325 g/mol. The van der Waals surface area contributed by atoms with E-state index in [0.717, 1.165) is 19.3 Å². The van der Waals surface area contributed by atoms with Crippen LogP contribution >= 0.6 is 11.6 Å². The van der Waals surface area contributed by atoms with E-state index in [1.807, 2.05) is 0 Å².